The van der Waals surface area contributed by atoms with Crippen LogP contribution in [0.25, 0.3) is 0 Å². The van der Waals surface area contributed by atoms with E-state index < -0.39 is 17.8 Å². The van der Waals surface area contributed by atoms with E-state index in [1.165, 1.54) is 0 Å². The minimum Gasteiger partial charge on any atom is -0.320 e. The third-order valence-electron chi connectivity index (χ3n) is 2.02. The summed E-state index contributed by atoms with van der Waals surface area (Å²) < 4.78 is 36.9. The maximum Gasteiger partial charge on any atom is 0.434 e. The molecule has 2 rings (SSSR count). The Hall–Kier alpha value is -1.89. The summed E-state index contributed by atoms with van der Waals surface area (Å²) in [5.41, 5.74) is -0.544. The van der Waals surface area contributed by atoms with E-state index >= 15 is 0 Å². The molecule has 0 fully saturated rings. The lowest BCUT2D eigenvalue weighted by Gasteiger charge is -2.02. The van der Waals surface area contributed by atoms with E-state index in [4.69, 9.17) is 0 Å². The lowest BCUT2D eigenvalue weighted by Crippen LogP contribution is -2.13. The van der Waals surface area contributed by atoms with Crippen molar-refractivity contribution in [1.29, 1.82) is 0 Å². The number of thiazole rings is 1. The van der Waals surface area contributed by atoms with Crippen LogP contribution in [0.15, 0.2) is 35.7 Å². The first-order valence-corrected chi connectivity index (χ1v) is 5.74. The molecule has 0 unspecified atom stereocenters. The number of nitrogens with one attached hydrogen (secondary N) is 1. The van der Waals surface area contributed by atoms with E-state index in [0.29, 0.717) is 17.0 Å². The number of rotatable bonds is 2. The molecule has 0 aliphatic rings. The third-order valence-corrected chi connectivity index (χ3v) is 2.86. The Bertz CT molecular complexity index is 551. The number of benzene rings is 1. The summed E-state index contributed by atoms with van der Waals surface area (Å²) in [4.78, 5) is 14.9. The Morgan fingerprint density at radius 1 is 1.22 bits per heavy atom. The van der Waals surface area contributed by atoms with Crippen LogP contribution in [0, 0.1) is 0 Å². The molecule has 7 heteroatoms. The lowest BCUT2D eigenvalue weighted by molar-refractivity contribution is -0.140. The van der Waals surface area contributed by atoms with Gasteiger partial charge in [0.25, 0.3) is 5.91 Å². The van der Waals surface area contributed by atoms with E-state index in [1.807, 2.05) is 0 Å². The minimum absolute atomic E-state index is 0.217. The van der Waals surface area contributed by atoms with Crippen molar-refractivity contribution in [2.24, 2.45) is 0 Å². The van der Waals surface area contributed by atoms with Gasteiger partial charge in [0.15, 0.2) is 10.7 Å². The van der Waals surface area contributed by atoms with E-state index in [1.54, 1.807) is 30.3 Å². The normalized spacial score (nSPS) is 11.3. The average Bonchev–Trinajstić information content (AvgIpc) is 2.79. The summed E-state index contributed by atoms with van der Waals surface area (Å²) >= 11 is 0.661. The van der Waals surface area contributed by atoms with Gasteiger partial charge in [-0.2, -0.15) is 13.2 Å². The summed E-state index contributed by atoms with van der Waals surface area (Å²) in [5, 5.41) is 3.07. The molecule has 0 spiro atoms. The van der Waals surface area contributed by atoms with E-state index in [9.17, 15) is 18.0 Å². The molecular weight excluding hydrogens is 265 g/mol. The number of hydrogen-bond acceptors (Lipinski definition) is 3. The molecule has 0 bridgehead atoms. The van der Waals surface area contributed by atoms with Crippen LogP contribution in [0.4, 0.5) is 18.9 Å². The summed E-state index contributed by atoms with van der Waals surface area (Å²) in [6.45, 7) is 0. The summed E-state index contributed by atoms with van der Waals surface area (Å²) in [6, 6.07) is 8.45. The predicted octanol–water partition coefficient (Wildman–Crippen LogP) is 3.41. The second-order valence-corrected chi connectivity index (χ2v) is 4.21. The average molecular weight is 272 g/mol. The molecule has 1 amide bonds. The predicted molar refractivity (Wildman–Crippen MR) is 61.5 cm³/mol. The van der Waals surface area contributed by atoms with Gasteiger partial charge in [-0.15, -0.1) is 11.3 Å². The number of carbonyl (C=O) groups is 1. The van der Waals surface area contributed by atoms with Crippen LogP contribution in [-0.2, 0) is 6.18 Å². The van der Waals surface area contributed by atoms with Crippen molar-refractivity contribution >= 4 is 22.9 Å². The molecule has 1 aromatic heterocycles. The van der Waals surface area contributed by atoms with Gasteiger partial charge in [0.1, 0.15) is 0 Å². The van der Waals surface area contributed by atoms with Gasteiger partial charge in [-0.05, 0) is 12.1 Å². The van der Waals surface area contributed by atoms with Gasteiger partial charge in [-0.1, -0.05) is 18.2 Å². The molecule has 18 heavy (non-hydrogen) atoms. The van der Waals surface area contributed by atoms with E-state index in [-0.39, 0.29) is 5.01 Å². The van der Waals surface area contributed by atoms with Crippen LogP contribution in [0.1, 0.15) is 15.5 Å². The smallest absolute Gasteiger partial charge is 0.320 e. The minimum atomic E-state index is -4.53. The van der Waals surface area contributed by atoms with Crippen molar-refractivity contribution in [3.8, 4) is 0 Å². The van der Waals surface area contributed by atoms with Crippen molar-refractivity contribution in [3.63, 3.8) is 0 Å². The Labute approximate surface area is 104 Å². The fourth-order valence-corrected chi connectivity index (χ4v) is 1.93. The maximum atomic E-state index is 12.3. The van der Waals surface area contributed by atoms with Gasteiger partial charge < -0.3 is 5.32 Å². The summed E-state index contributed by atoms with van der Waals surface area (Å²) in [6.07, 6.45) is -4.53. The number of carbonyl (C=O) groups excluding carboxylic acids is 1. The molecule has 0 aliphatic carbocycles. The molecule has 94 valence electrons. The Morgan fingerprint density at radius 3 is 2.44 bits per heavy atom. The molecule has 1 aromatic carbocycles. The lowest BCUT2D eigenvalue weighted by atomic mass is 10.3. The van der Waals surface area contributed by atoms with Crippen LogP contribution in [0.2, 0.25) is 0 Å². The van der Waals surface area contributed by atoms with Gasteiger partial charge in [0.05, 0.1) is 0 Å². The highest BCUT2D eigenvalue weighted by Gasteiger charge is 2.34. The van der Waals surface area contributed by atoms with Gasteiger partial charge in [0.2, 0.25) is 0 Å². The molecule has 0 atom stereocenters. The van der Waals surface area contributed by atoms with Crippen LogP contribution < -0.4 is 5.32 Å². The summed E-state index contributed by atoms with van der Waals surface area (Å²) in [7, 11) is 0. The quantitative estimate of drug-likeness (QED) is 0.910. The number of amides is 1. The van der Waals surface area contributed by atoms with Crippen molar-refractivity contribution in [1.82, 2.24) is 4.98 Å². The number of halogens is 3. The van der Waals surface area contributed by atoms with Crippen molar-refractivity contribution < 1.29 is 18.0 Å². The van der Waals surface area contributed by atoms with Crippen LogP contribution in [0.5, 0.6) is 0 Å². The number of para-hydroxylation sites is 1. The van der Waals surface area contributed by atoms with Crippen LogP contribution >= 0.6 is 11.3 Å². The highest BCUT2D eigenvalue weighted by Crippen LogP contribution is 2.30. The zero-order chi connectivity index (χ0) is 13.2. The topological polar surface area (TPSA) is 42.0 Å². The SMILES string of the molecule is O=C(Nc1ccccc1)c1nc(C(F)(F)F)cs1. The highest BCUT2D eigenvalue weighted by molar-refractivity contribution is 7.11. The summed E-state index contributed by atoms with van der Waals surface area (Å²) in [5.74, 6) is -0.651. The number of aromatic nitrogens is 1. The number of alkyl halides is 3. The number of anilines is 1. The molecule has 1 heterocycles. The van der Waals surface area contributed by atoms with Crippen LogP contribution in [0.3, 0.4) is 0 Å². The van der Waals surface area contributed by atoms with Crippen LogP contribution in [-0.4, -0.2) is 10.9 Å². The molecule has 1 N–H and O–H groups in total. The first-order valence-electron chi connectivity index (χ1n) is 4.86. The zero-order valence-electron chi connectivity index (χ0n) is 8.86. The molecule has 2 aromatic rings. The Morgan fingerprint density at radius 2 is 1.89 bits per heavy atom. The molecule has 0 aliphatic heterocycles. The number of hydrogen-bond donors (Lipinski definition) is 1. The molecule has 0 saturated heterocycles. The van der Waals surface area contributed by atoms with Gasteiger partial charge in [0, 0.05) is 11.1 Å². The molecular formula is C11H7F3N2OS. The maximum absolute atomic E-state index is 12.3. The van der Waals surface area contributed by atoms with Gasteiger partial charge in [-0.25, -0.2) is 4.98 Å². The van der Waals surface area contributed by atoms with Crippen molar-refractivity contribution in [3.05, 3.63) is 46.4 Å². The van der Waals surface area contributed by atoms with Gasteiger partial charge >= 0.3 is 6.18 Å². The fraction of sp³-hybridized carbons (Fsp3) is 0.0909. The highest BCUT2D eigenvalue weighted by atomic mass is 32.1. The Balaban J connectivity index is 2.13. The largest absolute Gasteiger partial charge is 0.434 e. The number of nitrogens with zero attached hydrogens (tertiary/aromatic N) is 1. The molecule has 0 saturated carbocycles. The van der Waals surface area contributed by atoms with Crippen molar-refractivity contribution in [2.45, 2.75) is 6.18 Å². The first-order chi connectivity index (χ1) is 8.47. The molecule has 3 nitrogen and oxygen atoms in total. The fourth-order valence-electron chi connectivity index (χ4n) is 1.21. The third kappa shape index (κ3) is 2.86. The Kier molecular flexibility index (Phi) is 3.33. The van der Waals surface area contributed by atoms with E-state index in [0.717, 1.165) is 5.38 Å². The standard InChI is InChI=1S/C11H7F3N2OS/c12-11(13,14)8-6-18-10(16-8)9(17)15-7-4-2-1-3-5-7/h1-6H,(H,15,17). The monoisotopic (exact) mass is 272 g/mol. The molecule has 0 radical (unpaired) electrons. The van der Waals surface area contributed by atoms with Crippen molar-refractivity contribution in [2.75, 3.05) is 5.32 Å². The van der Waals surface area contributed by atoms with E-state index in [2.05, 4.69) is 10.3 Å². The first kappa shape index (κ1) is 12.6. The zero-order valence-corrected chi connectivity index (χ0v) is 9.68. The second-order valence-electron chi connectivity index (χ2n) is 3.36. The van der Waals surface area contributed by atoms with Gasteiger partial charge in [-0.3, -0.25) is 4.79 Å². The second kappa shape index (κ2) is 4.77.